The fourth-order valence-corrected chi connectivity index (χ4v) is 3.30. The van der Waals surface area contributed by atoms with Crippen LogP contribution in [-0.2, 0) is 0 Å². The van der Waals surface area contributed by atoms with Gasteiger partial charge >= 0.3 is 0 Å². The van der Waals surface area contributed by atoms with Gasteiger partial charge in [-0.25, -0.2) is 0 Å². The summed E-state index contributed by atoms with van der Waals surface area (Å²) in [4.78, 5) is 10.3. The summed E-state index contributed by atoms with van der Waals surface area (Å²) >= 11 is 1.98. The average molecular weight is 277 g/mol. The topological polar surface area (TPSA) is 18.8 Å². The predicted molar refractivity (Wildman–Crippen MR) is 83.9 cm³/mol. The Kier molecular flexibility index (Phi) is 4.40. The largest absolute Gasteiger partial charge is 0.349 e. The van der Waals surface area contributed by atoms with Crippen molar-refractivity contribution in [2.75, 3.05) is 34.7 Å². The number of rotatable bonds is 4. The molecule has 0 amide bonds. The molecule has 1 aromatic rings. The van der Waals surface area contributed by atoms with Gasteiger partial charge in [-0.15, -0.1) is 11.8 Å². The van der Waals surface area contributed by atoms with Crippen molar-refractivity contribution in [1.29, 1.82) is 0 Å². The zero-order valence-electron chi connectivity index (χ0n) is 12.3. The van der Waals surface area contributed by atoms with Gasteiger partial charge in [-0.2, -0.15) is 0 Å². The number of hydrogen-bond donors (Lipinski definition) is 0. The van der Waals surface area contributed by atoms with Crippen LogP contribution in [0.3, 0.4) is 0 Å². The van der Waals surface area contributed by atoms with Crippen LogP contribution in [0.4, 0.5) is 0 Å². The maximum Gasteiger partial charge on any atom is 0.195 e. The third-order valence-electron chi connectivity index (χ3n) is 3.19. The Morgan fingerprint density at radius 2 is 1.68 bits per heavy atom. The van der Waals surface area contributed by atoms with Crippen LogP contribution in [0.25, 0.3) is 0 Å². The Balaban J connectivity index is 2.00. The van der Waals surface area contributed by atoms with Gasteiger partial charge in [0.25, 0.3) is 0 Å². The highest BCUT2D eigenvalue weighted by Crippen LogP contribution is 2.51. The van der Waals surface area contributed by atoms with Crippen molar-refractivity contribution in [1.82, 2.24) is 9.80 Å². The molecule has 4 heteroatoms. The summed E-state index contributed by atoms with van der Waals surface area (Å²) in [5.41, 5.74) is 0. The maximum absolute atomic E-state index is 4.80. The second-order valence-electron chi connectivity index (χ2n) is 5.50. The Bertz CT molecular complexity index is 426. The number of hydrogen-bond acceptors (Lipinski definition) is 2. The van der Waals surface area contributed by atoms with E-state index in [4.69, 9.17) is 4.99 Å². The average Bonchev–Trinajstić information content (AvgIpc) is 3.09. The first kappa shape index (κ1) is 14.3. The number of aliphatic imine (C=N–C) groups is 1. The quantitative estimate of drug-likeness (QED) is 0.623. The molecule has 0 unspecified atom stereocenters. The van der Waals surface area contributed by atoms with Crippen molar-refractivity contribution in [2.45, 2.75) is 22.5 Å². The van der Waals surface area contributed by atoms with Crippen molar-refractivity contribution >= 4 is 17.7 Å². The molecular weight excluding hydrogens is 254 g/mol. The molecule has 3 nitrogen and oxygen atoms in total. The number of thioether (sulfide) groups is 1. The van der Waals surface area contributed by atoms with Crippen LogP contribution in [0.5, 0.6) is 0 Å². The SMILES string of the molecule is CN(C)C(=NCC1(Sc2ccccc2)CC1)N(C)C. The summed E-state index contributed by atoms with van der Waals surface area (Å²) in [7, 11) is 8.18. The molecule has 0 aliphatic heterocycles. The summed E-state index contributed by atoms with van der Waals surface area (Å²) < 4.78 is 0.332. The molecule has 0 N–H and O–H groups in total. The number of benzene rings is 1. The van der Waals surface area contributed by atoms with E-state index in [0.29, 0.717) is 4.75 Å². The molecule has 1 aliphatic carbocycles. The minimum absolute atomic E-state index is 0.332. The lowest BCUT2D eigenvalue weighted by Crippen LogP contribution is -2.36. The Morgan fingerprint density at radius 3 is 2.16 bits per heavy atom. The predicted octanol–water partition coefficient (Wildman–Crippen LogP) is 2.79. The Hall–Kier alpha value is -1.16. The molecule has 2 rings (SSSR count). The molecule has 0 radical (unpaired) electrons. The minimum atomic E-state index is 0.332. The van der Waals surface area contributed by atoms with Crippen molar-refractivity contribution in [3.8, 4) is 0 Å². The van der Waals surface area contributed by atoms with Gasteiger partial charge < -0.3 is 9.80 Å². The molecule has 1 aromatic carbocycles. The van der Waals surface area contributed by atoms with Gasteiger partial charge in [0.2, 0.25) is 0 Å². The van der Waals surface area contributed by atoms with Crippen LogP contribution < -0.4 is 0 Å². The van der Waals surface area contributed by atoms with Gasteiger partial charge in [-0.1, -0.05) is 18.2 Å². The molecule has 104 valence electrons. The molecule has 0 atom stereocenters. The van der Waals surface area contributed by atoms with E-state index in [1.165, 1.54) is 17.7 Å². The molecule has 0 saturated heterocycles. The van der Waals surface area contributed by atoms with E-state index in [1.54, 1.807) is 0 Å². The Morgan fingerprint density at radius 1 is 1.11 bits per heavy atom. The summed E-state index contributed by atoms with van der Waals surface area (Å²) in [6.45, 7) is 0.901. The lowest BCUT2D eigenvalue weighted by Gasteiger charge is -2.23. The van der Waals surface area contributed by atoms with Crippen molar-refractivity contribution in [3.05, 3.63) is 30.3 Å². The monoisotopic (exact) mass is 277 g/mol. The highest BCUT2D eigenvalue weighted by molar-refractivity contribution is 8.01. The normalized spacial score (nSPS) is 15.8. The van der Waals surface area contributed by atoms with Crippen LogP contribution in [0.2, 0.25) is 0 Å². The van der Waals surface area contributed by atoms with Gasteiger partial charge in [-0.3, -0.25) is 4.99 Å². The van der Waals surface area contributed by atoms with Crippen molar-refractivity contribution in [3.63, 3.8) is 0 Å². The van der Waals surface area contributed by atoms with Gasteiger partial charge in [0.15, 0.2) is 5.96 Å². The van der Waals surface area contributed by atoms with Gasteiger partial charge in [-0.05, 0) is 25.0 Å². The van der Waals surface area contributed by atoms with Gasteiger partial charge in [0.1, 0.15) is 0 Å². The molecule has 0 spiro atoms. The lowest BCUT2D eigenvalue weighted by molar-refractivity contribution is 0.479. The Labute approximate surface area is 120 Å². The highest BCUT2D eigenvalue weighted by Gasteiger charge is 2.43. The molecular formula is C15H23N3S. The van der Waals surface area contributed by atoms with E-state index in [-0.39, 0.29) is 0 Å². The first-order valence-electron chi connectivity index (χ1n) is 6.66. The molecule has 1 aliphatic rings. The third kappa shape index (κ3) is 3.90. The fraction of sp³-hybridized carbons (Fsp3) is 0.533. The maximum atomic E-state index is 4.80. The lowest BCUT2D eigenvalue weighted by atomic mass is 10.4. The van der Waals surface area contributed by atoms with E-state index in [9.17, 15) is 0 Å². The van der Waals surface area contributed by atoms with E-state index < -0.39 is 0 Å². The highest BCUT2D eigenvalue weighted by atomic mass is 32.2. The van der Waals surface area contributed by atoms with E-state index in [1.807, 2.05) is 40.0 Å². The summed E-state index contributed by atoms with van der Waals surface area (Å²) in [5, 5.41) is 0. The van der Waals surface area contributed by atoms with Crippen LogP contribution in [0.15, 0.2) is 40.2 Å². The molecule has 0 aromatic heterocycles. The zero-order chi connectivity index (χ0) is 13.9. The third-order valence-corrected chi connectivity index (χ3v) is 4.67. The van der Waals surface area contributed by atoms with Crippen molar-refractivity contribution in [2.24, 2.45) is 4.99 Å². The van der Waals surface area contributed by atoms with Gasteiger partial charge in [0, 0.05) is 37.8 Å². The molecule has 0 heterocycles. The van der Waals surface area contributed by atoms with Crippen LogP contribution in [0, 0.1) is 0 Å². The first-order chi connectivity index (χ1) is 9.02. The van der Waals surface area contributed by atoms with Gasteiger partial charge in [0.05, 0.1) is 6.54 Å². The first-order valence-corrected chi connectivity index (χ1v) is 7.47. The molecule has 1 saturated carbocycles. The van der Waals surface area contributed by atoms with Crippen LogP contribution >= 0.6 is 11.8 Å². The molecule has 0 bridgehead atoms. The van der Waals surface area contributed by atoms with E-state index >= 15 is 0 Å². The van der Waals surface area contributed by atoms with E-state index in [0.717, 1.165) is 12.5 Å². The van der Waals surface area contributed by atoms with Crippen LogP contribution in [-0.4, -0.2) is 55.2 Å². The smallest absolute Gasteiger partial charge is 0.195 e. The number of nitrogens with zero attached hydrogens (tertiary/aromatic N) is 3. The standard InChI is InChI=1S/C15H23N3S/c1-17(2)14(18(3)4)16-12-15(10-11-15)19-13-8-6-5-7-9-13/h5-9H,10-12H2,1-4H3. The second-order valence-corrected chi connectivity index (χ2v) is 7.04. The summed E-state index contributed by atoms with van der Waals surface area (Å²) in [5.74, 6) is 1.04. The zero-order valence-corrected chi connectivity index (χ0v) is 13.1. The van der Waals surface area contributed by atoms with E-state index in [2.05, 4.69) is 40.1 Å². The van der Waals surface area contributed by atoms with Crippen LogP contribution in [0.1, 0.15) is 12.8 Å². The summed E-state index contributed by atoms with van der Waals surface area (Å²) in [6, 6.07) is 10.7. The second kappa shape index (κ2) is 5.87. The molecule has 19 heavy (non-hydrogen) atoms. The summed E-state index contributed by atoms with van der Waals surface area (Å²) in [6.07, 6.45) is 2.54. The minimum Gasteiger partial charge on any atom is -0.349 e. The fourth-order valence-electron chi connectivity index (χ4n) is 2.07. The number of guanidine groups is 1. The van der Waals surface area contributed by atoms with Crippen molar-refractivity contribution < 1.29 is 0 Å². The molecule has 1 fully saturated rings.